The number of halogens is 2. The van der Waals surface area contributed by atoms with Gasteiger partial charge in [-0.1, -0.05) is 6.07 Å². The maximum Gasteiger partial charge on any atom is 0.335 e. The monoisotopic (exact) mass is 488 g/mol. The van der Waals surface area contributed by atoms with Crippen LogP contribution in [0.25, 0.3) is 10.9 Å². The zero-order valence-corrected chi connectivity index (χ0v) is 19.3. The van der Waals surface area contributed by atoms with E-state index in [9.17, 15) is 13.6 Å². The van der Waals surface area contributed by atoms with Crippen LogP contribution in [0.5, 0.6) is 5.88 Å². The van der Waals surface area contributed by atoms with Crippen LogP contribution in [-0.2, 0) is 6.54 Å². The lowest BCUT2D eigenvalue weighted by Gasteiger charge is -2.36. The molecule has 0 spiro atoms. The summed E-state index contributed by atoms with van der Waals surface area (Å²) in [5.74, 6) is 0.328. The van der Waals surface area contributed by atoms with Crippen molar-refractivity contribution in [3.63, 3.8) is 0 Å². The van der Waals surface area contributed by atoms with Gasteiger partial charge < -0.3 is 10.5 Å². The average Bonchev–Trinajstić information content (AvgIpc) is 2.88. The third-order valence-electron chi connectivity index (χ3n) is 5.75. The van der Waals surface area contributed by atoms with Gasteiger partial charge in [0.25, 0.3) is 6.43 Å². The van der Waals surface area contributed by atoms with E-state index in [1.54, 1.807) is 54.7 Å². The van der Waals surface area contributed by atoms with Crippen LogP contribution in [0.1, 0.15) is 11.1 Å². The average molecular weight is 488 g/mol. The highest BCUT2D eigenvalue weighted by Gasteiger charge is 2.34. The topological polar surface area (TPSA) is 96.9 Å². The maximum atomic E-state index is 13.9. The molecule has 10 heteroatoms. The number of nitrogens with zero attached hydrogens (tertiary/aromatic N) is 5. The lowest BCUT2D eigenvalue weighted by molar-refractivity contribution is 0.0796. The molecule has 0 aliphatic carbocycles. The standard InChI is InChI=1S/C26H22F2N6O2/c1-30-13-18-12-19(5-7-21(18)29)33-14-17-4-9-24(36-15-23(27)28)32-25(17)34(26(33)35)20-6-8-22-16(11-20)3-2-10-31-22/h2-13,23H,14-15,29H2,1H3. The highest BCUT2D eigenvalue weighted by Crippen LogP contribution is 2.38. The van der Waals surface area contributed by atoms with Gasteiger partial charge in [0.05, 0.1) is 17.7 Å². The van der Waals surface area contributed by atoms with Gasteiger partial charge in [0.1, 0.15) is 5.82 Å². The Labute approximate surface area is 205 Å². The number of carbonyl (C=O) groups excluding carboxylic acids is 1. The summed E-state index contributed by atoms with van der Waals surface area (Å²) in [5, 5.41) is 0.834. The van der Waals surface area contributed by atoms with Crippen LogP contribution >= 0.6 is 0 Å². The fourth-order valence-corrected chi connectivity index (χ4v) is 4.07. The van der Waals surface area contributed by atoms with Crippen LogP contribution in [0.15, 0.2) is 71.9 Å². The molecule has 3 heterocycles. The number of anilines is 4. The second kappa shape index (κ2) is 9.57. The molecule has 5 rings (SSSR count). The van der Waals surface area contributed by atoms with Crippen LogP contribution in [-0.4, -0.2) is 42.3 Å². The minimum Gasteiger partial charge on any atom is -0.472 e. The summed E-state index contributed by atoms with van der Waals surface area (Å²) in [5.41, 5.74) is 9.95. The molecule has 2 aromatic heterocycles. The number of fused-ring (bicyclic) bond motifs is 2. The zero-order valence-electron chi connectivity index (χ0n) is 19.3. The van der Waals surface area contributed by atoms with Gasteiger partial charge in [-0.05, 0) is 48.5 Å². The first kappa shape index (κ1) is 23.2. The minimum atomic E-state index is -2.64. The van der Waals surface area contributed by atoms with Gasteiger partial charge in [-0.25, -0.2) is 18.5 Å². The quantitative estimate of drug-likeness (QED) is 0.298. The minimum absolute atomic E-state index is 0.0108. The van der Waals surface area contributed by atoms with Crippen LogP contribution in [0.4, 0.5) is 36.5 Å². The molecule has 0 unspecified atom stereocenters. The normalized spacial score (nSPS) is 13.6. The summed E-state index contributed by atoms with van der Waals surface area (Å²) < 4.78 is 30.6. The molecule has 2 amide bonds. The van der Waals surface area contributed by atoms with Crippen molar-refractivity contribution in [2.75, 3.05) is 29.2 Å². The highest BCUT2D eigenvalue weighted by atomic mass is 19.3. The first-order chi connectivity index (χ1) is 17.4. The van der Waals surface area contributed by atoms with Gasteiger partial charge >= 0.3 is 6.03 Å². The van der Waals surface area contributed by atoms with E-state index < -0.39 is 13.0 Å². The van der Waals surface area contributed by atoms with Gasteiger partial charge in [0.2, 0.25) is 5.88 Å². The zero-order chi connectivity index (χ0) is 25.2. The molecule has 182 valence electrons. The van der Waals surface area contributed by atoms with E-state index >= 15 is 0 Å². The molecule has 0 bridgehead atoms. The summed E-state index contributed by atoms with van der Waals surface area (Å²) in [7, 11) is 1.64. The Morgan fingerprint density at radius 1 is 1.14 bits per heavy atom. The van der Waals surface area contributed by atoms with Gasteiger partial charge in [0.15, 0.2) is 6.61 Å². The van der Waals surface area contributed by atoms with Gasteiger partial charge in [0, 0.05) is 53.4 Å². The van der Waals surface area contributed by atoms with Crippen LogP contribution in [0.2, 0.25) is 0 Å². The predicted molar refractivity (Wildman–Crippen MR) is 136 cm³/mol. The molecular formula is C26H22F2N6O2. The molecule has 36 heavy (non-hydrogen) atoms. The van der Waals surface area contributed by atoms with E-state index in [0.29, 0.717) is 34.0 Å². The lowest BCUT2D eigenvalue weighted by Crippen LogP contribution is -2.45. The Hall–Kier alpha value is -4.60. The van der Waals surface area contributed by atoms with Crippen LogP contribution in [0.3, 0.4) is 0 Å². The van der Waals surface area contributed by atoms with E-state index in [4.69, 9.17) is 10.5 Å². The summed E-state index contributed by atoms with van der Waals surface area (Å²) in [6, 6.07) is 17.3. The number of hydrogen-bond donors (Lipinski definition) is 1. The number of ether oxygens (including phenoxy) is 1. The number of carbonyl (C=O) groups is 1. The van der Waals surface area contributed by atoms with Gasteiger partial charge in [-0.15, -0.1) is 0 Å². The predicted octanol–water partition coefficient (Wildman–Crippen LogP) is 5.18. The third kappa shape index (κ3) is 4.40. The first-order valence-corrected chi connectivity index (χ1v) is 11.1. The van der Waals surface area contributed by atoms with Crippen molar-refractivity contribution in [3.05, 3.63) is 78.0 Å². The number of aliphatic imine (C=N–C) groups is 1. The summed E-state index contributed by atoms with van der Waals surface area (Å²) in [4.78, 5) is 29.8. The van der Waals surface area contributed by atoms with Crippen LogP contribution in [0, 0.1) is 0 Å². The number of nitrogen functional groups attached to an aromatic ring is 1. The number of hydrogen-bond acceptors (Lipinski definition) is 6. The van der Waals surface area contributed by atoms with E-state index in [1.807, 2.05) is 24.3 Å². The van der Waals surface area contributed by atoms with Gasteiger partial charge in [-0.2, -0.15) is 4.98 Å². The van der Waals surface area contributed by atoms with E-state index in [0.717, 1.165) is 10.9 Å². The number of rotatable bonds is 6. The Bertz CT molecular complexity index is 1480. The first-order valence-electron chi connectivity index (χ1n) is 11.1. The van der Waals surface area contributed by atoms with Crippen molar-refractivity contribution < 1.29 is 18.3 Å². The number of benzene rings is 2. The number of alkyl halides is 2. The summed E-state index contributed by atoms with van der Waals surface area (Å²) >= 11 is 0. The Morgan fingerprint density at radius 2 is 1.97 bits per heavy atom. The Morgan fingerprint density at radius 3 is 2.78 bits per heavy atom. The Kier molecular flexibility index (Phi) is 6.16. The fraction of sp³-hybridized carbons (Fsp3) is 0.154. The third-order valence-corrected chi connectivity index (χ3v) is 5.75. The molecule has 1 aliphatic rings. The molecule has 0 radical (unpaired) electrons. The van der Waals surface area contributed by atoms with Crippen molar-refractivity contribution in [2.45, 2.75) is 13.0 Å². The number of nitrogens with two attached hydrogens (primary N) is 1. The molecule has 0 saturated carbocycles. The second-order valence-electron chi connectivity index (χ2n) is 8.12. The molecule has 2 N–H and O–H groups in total. The smallest absolute Gasteiger partial charge is 0.335 e. The van der Waals surface area contributed by atoms with E-state index in [-0.39, 0.29) is 18.5 Å². The highest BCUT2D eigenvalue weighted by molar-refractivity contribution is 6.11. The molecule has 2 aromatic carbocycles. The Balaban J connectivity index is 1.63. The molecule has 0 atom stereocenters. The summed E-state index contributed by atoms with van der Waals surface area (Å²) in [6.45, 7) is -0.574. The van der Waals surface area contributed by atoms with Crippen molar-refractivity contribution >= 4 is 46.0 Å². The number of urea groups is 1. The fourth-order valence-electron chi connectivity index (χ4n) is 4.07. The van der Waals surface area contributed by atoms with Crippen molar-refractivity contribution in [3.8, 4) is 5.88 Å². The molecule has 0 fully saturated rings. The number of amides is 2. The summed E-state index contributed by atoms with van der Waals surface area (Å²) in [6.07, 6.45) is 0.677. The van der Waals surface area contributed by atoms with E-state index in [1.165, 1.54) is 11.0 Å². The van der Waals surface area contributed by atoms with Crippen LogP contribution < -0.4 is 20.3 Å². The van der Waals surface area contributed by atoms with Crippen molar-refractivity contribution in [1.29, 1.82) is 0 Å². The molecule has 8 nitrogen and oxygen atoms in total. The lowest BCUT2D eigenvalue weighted by atomic mass is 10.1. The second-order valence-corrected chi connectivity index (χ2v) is 8.12. The van der Waals surface area contributed by atoms with Crippen molar-refractivity contribution in [1.82, 2.24) is 9.97 Å². The SMILES string of the molecule is CN=Cc1cc(N2Cc3ccc(OCC(F)F)nc3N(c3ccc4ncccc4c3)C2=O)ccc1N. The van der Waals surface area contributed by atoms with E-state index in [2.05, 4.69) is 15.0 Å². The molecule has 1 aliphatic heterocycles. The number of pyridine rings is 2. The van der Waals surface area contributed by atoms with Gasteiger partial charge in [-0.3, -0.25) is 14.9 Å². The maximum absolute atomic E-state index is 13.9. The molecule has 0 saturated heterocycles. The van der Waals surface area contributed by atoms with Crippen molar-refractivity contribution in [2.24, 2.45) is 4.99 Å². The molecule has 4 aromatic rings. The molecular weight excluding hydrogens is 466 g/mol. The largest absolute Gasteiger partial charge is 0.472 e. The number of aromatic nitrogens is 2.